The SMILES string of the molecule is COCc1cccc(C(=O)NCc2ccccc2Cn2cccn2)c1. The molecule has 0 aliphatic carbocycles. The van der Waals surface area contributed by atoms with E-state index in [0.29, 0.717) is 25.3 Å². The molecule has 0 fully saturated rings. The number of nitrogens with one attached hydrogen (secondary N) is 1. The highest BCUT2D eigenvalue weighted by Gasteiger charge is 2.08. The zero-order chi connectivity index (χ0) is 17.5. The molecule has 0 saturated carbocycles. The van der Waals surface area contributed by atoms with E-state index < -0.39 is 0 Å². The monoisotopic (exact) mass is 335 g/mol. The van der Waals surface area contributed by atoms with Crippen molar-refractivity contribution in [2.45, 2.75) is 19.7 Å². The number of amides is 1. The van der Waals surface area contributed by atoms with Crippen molar-refractivity contribution >= 4 is 5.91 Å². The van der Waals surface area contributed by atoms with Gasteiger partial charge in [-0.2, -0.15) is 5.10 Å². The molecule has 25 heavy (non-hydrogen) atoms. The fourth-order valence-electron chi connectivity index (χ4n) is 2.70. The van der Waals surface area contributed by atoms with Crippen LogP contribution in [0.4, 0.5) is 0 Å². The molecular weight excluding hydrogens is 314 g/mol. The summed E-state index contributed by atoms with van der Waals surface area (Å²) >= 11 is 0. The van der Waals surface area contributed by atoms with E-state index in [2.05, 4.69) is 16.5 Å². The van der Waals surface area contributed by atoms with Gasteiger partial charge in [-0.25, -0.2) is 0 Å². The van der Waals surface area contributed by atoms with Crippen LogP contribution in [-0.2, 0) is 24.4 Å². The van der Waals surface area contributed by atoms with Gasteiger partial charge in [0.05, 0.1) is 13.2 Å². The van der Waals surface area contributed by atoms with Gasteiger partial charge in [0.25, 0.3) is 5.91 Å². The predicted molar refractivity (Wildman–Crippen MR) is 96.1 cm³/mol. The third kappa shape index (κ3) is 4.55. The van der Waals surface area contributed by atoms with Crippen molar-refractivity contribution in [3.63, 3.8) is 0 Å². The summed E-state index contributed by atoms with van der Waals surface area (Å²) in [7, 11) is 1.64. The van der Waals surface area contributed by atoms with Crippen LogP contribution in [-0.4, -0.2) is 22.8 Å². The molecule has 1 N–H and O–H groups in total. The number of aromatic nitrogens is 2. The third-order valence-electron chi connectivity index (χ3n) is 3.95. The molecule has 0 unspecified atom stereocenters. The fraction of sp³-hybridized carbons (Fsp3) is 0.200. The van der Waals surface area contributed by atoms with Crippen LogP contribution in [0.5, 0.6) is 0 Å². The predicted octanol–water partition coefficient (Wildman–Crippen LogP) is 3.01. The largest absolute Gasteiger partial charge is 0.380 e. The maximum atomic E-state index is 12.4. The Morgan fingerprint density at radius 2 is 1.96 bits per heavy atom. The summed E-state index contributed by atoms with van der Waals surface area (Å²) < 4.78 is 6.99. The zero-order valence-electron chi connectivity index (χ0n) is 14.2. The van der Waals surface area contributed by atoms with Gasteiger partial charge in [-0.05, 0) is 34.9 Å². The second-order valence-corrected chi connectivity index (χ2v) is 5.79. The Bertz CT molecular complexity index is 828. The summed E-state index contributed by atoms with van der Waals surface area (Å²) in [5, 5.41) is 7.24. The maximum Gasteiger partial charge on any atom is 0.251 e. The van der Waals surface area contributed by atoms with Crippen molar-refractivity contribution in [2.24, 2.45) is 0 Å². The first-order valence-electron chi connectivity index (χ1n) is 8.16. The second-order valence-electron chi connectivity index (χ2n) is 5.79. The summed E-state index contributed by atoms with van der Waals surface area (Å²) in [6, 6.07) is 17.4. The Labute approximate surface area is 147 Å². The molecular formula is C20H21N3O2. The van der Waals surface area contributed by atoms with E-state index in [1.165, 1.54) is 0 Å². The number of methoxy groups -OCH3 is 1. The van der Waals surface area contributed by atoms with E-state index in [4.69, 9.17) is 4.74 Å². The first-order chi connectivity index (χ1) is 12.3. The van der Waals surface area contributed by atoms with Gasteiger partial charge in [0.1, 0.15) is 0 Å². The molecule has 3 rings (SSSR count). The molecule has 0 atom stereocenters. The number of rotatable bonds is 7. The number of ether oxygens (including phenoxy) is 1. The first kappa shape index (κ1) is 16.9. The second kappa shape index (κ2) is 8.26. The van der Waals surface area contributed by atoms with E-state index in [9.17, 15) is 4.79 Å². The van der Waals surface area contributed by atoms with Gasteiger partial charge in [-0.1, -0.05) is 36.4 Å². The maximum absolute atomic E-state index is 12.4. The third-order valence-corrected chi connectivity index (χ3v) is 3.95. The summed E-state index contributed by atoms with van der Waals surface area (Å²) in [6.45, 7) is 1.65. The molecule has 1 heterocycles. The Morgan fingerprint density at radius 3 is 2.72 bits per heavy atom. The minimum Gasteiger partial charge on any atom is -0.380 e. The summed E-state index contributed by atoms with van der Waals surface area (Å²) in [4.78, 5) is 12.4. The lowest BCUT2D eigenvalue weighted by Gasteiger charge is -2.11. The molecule has 0 spiro atoms. The van der Waals surface area contributed by atoms with Crippen LogP contribution < -0.4 is 5.32 Å². The Balaban J connectivity index is 1.67. The van der Waals surface area contributed by atoms with Gasteiger partial charge in [0, 0.05) is 31.6 Å². The van der Waals surface area contributed by atoms with Crippen LogP contribution in [0.3, 0.4) is 0 Å². The van der Waals surface area contributed by atoms with Crippen molar-refractivity contribution in [2.75, 3.05) is 7.11 Å². The van der Waals surface area contributed by atoms with Crippen LogP contribution in [0, 0.1) is 0 Å². The van der Waals surface area contributed by atoms with Gasteiger partial charge in [-0.3, -0.25) is 9.48 Å². The van der Waals surface area contributed by atoms with Gasteiger partial charge in [-0.15, -0.1) is 0 Å². The Hall–Kier alpha value is -2.92. The van der Waals surface area contributed by atoms with Gasteiger partial charge in [0.15, 0.2) is 0 Å². The topological polar surface area (TPSA) is 56.1 Å². The molecule has 0 radical (unpaired) electrons. The van der Waals surface area contributed by atoms with E-state index in [0.717, 1.165) is 16.7 Å². The van der Waals surface area contributed by atoms with Gasteiger partial charge < -0.3 is 10.1 Å². The van der Waals surface area contributed by atoms with Crippen LogP contribution in [0.1, 0.15) is 27.0 Å². The van der Waals surface area contributed by atoms with Crippen molar-refractivity contribution < 1.29 is 9.53 Å². The fourth-order valence-corrected chi connectivity index (χ4v) is 2.70. The standard InChI is InChI=1S/C20H21N3O2/c1-25-15-16-6-4-9-17(12-16)20(24)21-13-18-7-2-3-8-19(18)14-23-11-5-10-22-23/h2-12H,13-15H2,1H3,(H,21,24). The lowest BCUT2D eigenvalue weighted by atomic mass is 10.1. The number of hydrogen-bond acceptors (Lipinski definition) is 3. The number of benzene rings is 2. The molecule has 0 aliphatic rings. The number of carbonyl (C=O) groups excluding carboxylic acids is 1. The van der Waals surface area contributed by atoms with E-state index in [-0.39, 0.29) is 5.91 Å². The quantitative estimate of drug-likeness (QED) is 0.722. The smallest absolute Gasteiger partial charge is 0.251 e. The van der Waals surface area contributed by atoms with Crippen molar-refractivity contribution in [1.82, 2.24) is 15.1 Å². The first-order valence-corrected chi connectivity index (χ1v) is 8.16. The molecule has 3 aromatic rings. The molecule has 5 nitrogen and oxygen atoms in total. The minimum atomic E-state index is -0.0909. The zero-order valence-corrected chi connectivity index (χ0v) is 14.2. The highest BCUT2D eigenvalue weighted by Crippen LogP contribution is 2.11. The van der Waals surface area contributed by atoms with Gasteiger partial charge in [0.2, 0.25) is 0 Å². The van der Waals surface area contributed by atoms with Crippen molar-refractivity contribution in [1.29, 1.82) is 0 Å². The van der Waals surface area contributed by atoms with E-state index in [1.54, 1.807) is 13.3 Å². The van der Waals surface area contributed by atoms with Crippen LogP contribution in [0.25, 0.3) is 0 Å². The summed E-state index contributed by atoms with van der Waals surface area (Å²) in [6.07, 6.45) is 3.69. The molecule has 0 saturated heterocycles. The molecule has 128 valence electrons. The molecule has 0 aliphatic heterocycles. The molecule has 5 heteroatoms. The lowest BCUT2D eigenvalue weighted by molar-refractivity contribution is 0.0950. The van der Waals surface area contributed by atoms with E-state index >= 15 is 0 Å². The number of carbonyl (C=O) groups is 1. The summed E-state index contributed by atoms with van der Waals surface area (Å²) in [5.41, 5.74) is 3.84. The lowest BCUT2D eigenvalue weighted by Crippen LogP contribution is -2.23. The van der Waals surface area contributed by atoms with Gasteiger partial charge >= 0.3 is 0 Å². The van der Waals surface area contributed by atoms with Crippen LogP contribution in [0.15, 0.2) is 67.0 Å². The molecule has 1 amide bonds. The van der Waals surface area contributed by atoms with Crippen molar-refractivity contribution in [3.05, 3.63) is 89.2 Å². The normalized spacial score (nSPS) is 10.6. The molecule has 0 bridgehead atoms. The minimum absolute atomic E-state index is 0.0909. The highest BCUT2D eigenvalue weighted by molar-refractivity contribution is 5.94. The summed E-state index contributed by atoms with van der Waals surface area (Å²) in [5.74, 6) is -0.0909. The number of nitrogens with zero attached hydrogens (tertiary/aromatic N) is 2. The average molecular weight is 335 g/mol. The van der Waals surface area contributed by atoms with Crippen LogP contribution in [0.2, 0.25) is 0 Å². The Morgan fingerprint density at radius 1 is 1.12 bits per heavy atom. The van der Waals surface area contributed by atoms with Crippen molar-refractivity contribution in [3.8, 4) is 0 Å². The average Bonchev–Trinajstić information content (AvgIpc) is 3.14. The molecule has 1 aromatic heterocycles. The number of hydrogen-bond donors (Lipinski definition) is 1. The van der Waals surface area contributed by atoms with Crippen LogP contribution >= 0.6 is 0 Å². The van der Waals surface area contributed by atoms with E-state index in [1.807, 2.05) is 59.4 Å². The highest BCUT2D eigenvalue weighted by atomic mass is 16.5. The molecule has 2 aromatic carbocycles. The Kier molecular flexibility index (Phi) is 5.59.